The quantitative estimate of drug-likeness (QED) is 0.601. The first kappa shape index (κ1) is 14.0. The second kappa shape index (κ2) is 8.09. The first-order chi connectivity index (χ1) is 8.24. The van der Waals surface area contributed by atoms with E-state index in [1.54, 1.807) is 24.3 Å². The average molecular weight is 256 g/mol. The predicted octanol–water partition coefficient (Wildman–Crippen LogP) is 2.89. The summed E-state index contributed by atoms with van der Waals surface area (Å²) in [5.74, 6) is -0.307. The lowest BCUT2D eigenvalue weighted by Crippen LogP contribution is -2.22. The monoisotopic (exact) mass is 255 g/mol. The molecule has 0 radical (unpaired) electrons. The molecule has 17 heavy (non-hydrogen) atoms. The summed E-state index contributed by atoms with van der Waals surface area (Å²) in [6, 6.07) is 6.68. The smallest absolute Gasteiger partial charge is 0.338 e. The molecule has 0 heterocycles. The Hall–Kier alpha value is -1.06. The largest absolute Gasteiger partial charge is 0.461 e. The Bertz CT molecular complexity index is 338. The van der Waals surface area contributed by atoms with Gasteiger partial charge in [0.25, 0.3) is 0 Å². The highest BCUT2D eigenvalue weighted by atomic mass is 35.5. The molecule has 1 aromatic carbocycles. The highest BCUT2D eigenvalue weighted by molar-refractivity contribution is 6.30. The van der Waals surface area contributed by atoms with Crippen molar-refractivity contribution in [2.45, 2.75) is 19.8 Å². The zero-order valence-electron chi connectivity index (χ0n) is 10.0. The van der Waals surface area contributed by atoms with Crippen LogP contribution in [0.2, 0.25) is 5.02 Å². The maximum atomic E-state index is 11.6. The van der Waals surface area contributed by atoms with Crippen LogP contribution in [-0.4, -0.2) is 25.7 Å². The summed E-state index contributed by atoms with van der Waals surface area (Å²) in [6.07, 6.45) is 2.31. The third-order valence-electron chi connectivity index (χ3n) is 2.30. The van der Waals surface area contributed by atoms with Gasteiger partial charge in [-0.05, 0) is 37.2 Å². The van der Waals surface area contributed by atoms with E-state index in [0.29, 0.717) is 23.7 Å². The summed E-state index contributed by atoms with van der Waals surface area (Å²) < 4.78 is 5.10. The van der Waals surface area contributed by atoms with Crippen LogP contribution in [0.1, 0.15) is 30.1 Å². The molecule has 0 aliphatic carbocycles. The predicted molar refractivity (Wildman–Crippen MR) is 69.5 cm³/mol. The fraction of sp³-hybridized carbons (Fsp3) is 0.462. The minimum atomic E-state index is -0.307. The number of benzene rings is 1. The lowest BCUT2D eigenvalue weighted by Gasteiger charge is -2.06. The molecule has 4 heteroatoms. The van der Waals surface area contributed by atoms with Crippen molar-refractivity contribution in [3.05, 3.63) is 34.9 Å². The maximum absolute atomic E-state index is 11.6. The van der Waals surface area contributed by atoms with Crippen LogP contribution in [0.3, 0.4) is 0 Å². The zero-order chi connectivity index (χ0) is 12.5. The molecule has 94 valence electrons. The van der Waals surface area contributed by atoms with Crippen molar-refractivity contribution in [1.29, 1.82) is 0 Å². The number of esters is 1. The molecule has 0 fully saturated rings. The van der Waals surface area contributed by atoms with Crippen LogP contribution in [0.4, 0.5) is 0 Å². The fourth-order valence-corrected chi connectivity index (χ4v) is 1.44. The number of halogens is 1. The minimum Gasteiger partial charge on any atom is -0.461 e. The average Bonchev–Trinajstić information content (AvgIpc) is 2.34. The van der Waals surface area contributed by atoms with E-state index < -0.39 is 0 Å². The summed E-state index contributed by atoms with van der Waals surface area (Å²) in [5, 5.41) is 3.82. The van der Waals surface area contributed by atoms with Crippen LogP contribution in [0.15, 0.2) is 24.3 Å². The fourth-order valence-electron chi connectivity index (χ4n) is 1.31. The molecule has 0 atom stereocenters. The molecule has 0 aliphatic rings. The SMILES string of the molecule is CCCCNCCOC(=O)c1ccc(Cl)cc1. The number of carbonyl (C=O) groups excluding carboxylic acids is 1. The van der Waals surface area contributed by atoms with Gasteiger partial charge < -0.3 is 10.1 Å². The molecule has 3 nitrogen and oxygen atoms in total. The van der Waals surface area contributed by atoms with Gasteiger partial charge in [-0.15, -0.1) is 0 Å². The molecule has 0 bridgehead atoms. The summed E-state index contributed by atoms with van der Waals surface area (Å²) in [6.45, 7) is 4.20. The Morgan fingerprint density at radius 3 is 2.65 bits per heavy atom. The topological polar surface area (TPSA) is 38.3 Å². The molecule has 0 saturated heterocycles. The Morgan fingerprint density at radius 1 is 1.29 bits per heavy atom. The molecule has 0 spiro atoms. The van der Waals surface area contributed by atoms with E-state index in [0.717, 1.165) is 19.4 Å². The van der Waals surface area contributed by atoms with Crippen molar-refractivity contribution in [3.8, 4) is 0 Å². The van der Waals surface area contributed by atoms with Gasteiger partial charge in [0, 0.05) is 11.6 Å². The van der Waals surface area contributed by atoms with Crippen molar-refractivity contribution < 1.29 is 9.53 Å². The molecule has 1 rings (SSSR count). The van der Waals surface area contributed by atoms with Crippen molar-refractivity contribution in [1.82, 2.24) is 5.32 Å². The molecule has 0 aliphatic heterocycles. The first-order valence-electron chi connectivity index (χ1n) is 5.87. The van der Waals surface area contributed by atoms with Crippen molar-refractivity contribution in [2.24, 2.45) is 0 Å². The number of hydrogen-bond acceptors (Lipinski definition) is 3. The minimum absolute atomic E-state index is 0.307. The molecule has 0 saturated carbocycles. The summed E-state index contributed by atoms with van der Waals surface area (Å²) in [7, 11) is 0. The van der Waals surface area contributed by atoms with Crippen LogP contribution < -0.4 is 5.32 Å². The van der Waals surface area contributed by atoms with Gasteiger partial charge in [0.1, 0.15) is 6.61 Å². The highest BCUT2D eigenvalue weighted by Crippen LogP contribution is 2.10. The Kier molecular flexibility index (Phi) is 6.67. The Morgan fingerprint density at radius 2 is 2.00 bits per heavy atom. The van der Waals surface area contributed by atoms with Gasteiger partial charge >= 0.3 is 5.97 Å². The third kappa shape index (κ3) is 5.71. The Balaban J connectivity index is 2.19. The first-order valence-corrected chi connectivity index (χ1v) is 6.25. The van der Waals surface area contributed by atoms with Crippen LogP contribution in [0.25, 0.3) is 0 Å². The van der Waals surface area contributed by atoms with Crippen molar-refractivity contribution in [2.75, 3.05) is 19.7 Å². The van der Waals surface area contributed by atoms with Crippen LogP contribution in [0.5, 0.6) is 0 Å². The van der Waals surface area contributed by atoms with Gasteiger partial charge in [-0.25, -0.2) is 4.79 Å². The van der Waals surface area contributed by atoms with Gasteiger partial charge in [0.05, 0.1) is 5.56 Å². The van der Waals surface area contributed by atoms with E-state index in [1.165, 1.54) is 0 Å². The number of unbranched alkanes of at least 4 members (excludes halogenated alkanes) is 1. The number of carbonyl (C=O) groups is 1. The number of ether oxygens (including phenoxy) is 1. The van der Waals surface area contributed by atoms with E-state index in [-0.39, 0.29) is 5.97 Å². The molecule has 0 amide bonds. The summed E-state index contributed by atoms with van der Waals surface area (Å²) in [4.78, 5) is 11.6. The third-order valence-corrected chi connectivity index (χ3v) is 2.55. The number of hydrogen-bond donors (Lipinski definition) is 1. The molecule has 0 unspecified atom stereocenters. The molecular weight excluding hydrogens is 238 g/mol. The number of nitrogens with one attached hydrogen (secondary N) is 1. The lowest BCUT2D eigenvalue weighted by atomic mass is 10.2. The highest BCUT2D eigenvalue weighted by Gasteiger charge is 2.05. The molecule has 1 aromatic rings. The lowest BCUT2D eigenvalue weighted by molar-refractivity contribution is 0.0508. The van der Waals surface area contributed by atoms with Gasteiger partial charge in [0.15, 0.2) is 0 Å². The van der Waals surface area contributed by atoms with Crippen molar-refractivity contribution in [3.63, 3.8) is 0 Å². The Labute approximate surface area is 107 Å². The molecule has 0 aromatic heterocycles. The second-order valence-corrected chi connectivity index (χ2v) is 4.18. The standard InChI is InChI=1S/C13H18ClNO2/c1-2-3-8-15-9-10-17-13(16)11-4-6-12(14)7-5-11/h4-7,15H,2-3,8-10H2,1H3. The maximum Gasteiger partial charge on any atom is 0.338 e. The molecular formula is C13H18ClNO2. The second-order valence-electron chi connectivity index (χ2n) is 3.75. The molecule has 1 N–H and O–H groups in total. The van der Waals surface area contributed by atoms with E-state index in [2.05, 4.69) is 12.2 Å². The van der Waals surface area contributed by atoms with Crippen LogP contribution >= 0.6 is 11.6 Å². The number of rotatable bonds is 7. The van der Waals surface area contributed by atoms with Crippen molar-refractivity contribution >= 4 is 17.6 Å². The summed E-state index contributed by atoms with van der Waals surface area (Å²) in [5.41, 5.74) is 0.531. The van der Waals surface area contributed by atoms with Gasteiger partial charge in [-0.1, -0.05) is 24.9 Å². The van der Waals surface area contributed by atoms with E-state index in [1.807, 2.05) is 0 Å². The normalized spacial score (nSPS) is 10.2. The van der Waals surface area contributed by atoms with E-state index >= 15 is 0 Å². The van der Waals surface area contributed by atoms with E-state index in [4.69, 9.17) is 16.3 Å². The summed E-state index contributed by atoms with van der Waals surface area (Å²) >= 11 is 5.73. The van der Waals surface area contributed by atoms with Gasteiger partial charge in [-0.3, -0.25) is 0 Å². The van der Waals surface area contributed by atoms with Gasteiger partial charge in [0.2, 0.25) is 0 Å². The van der Waals surface area contributed by atoms with Crippen LogP contribution in [0, 0.1) is 0 Å². The van der Waals surface area contributed by atoms with Crippen LogP contribution in [-0.2, 0) is 4.74 Å². The zero-order valence-corrected chi connectivity index (χ0v) is 10.8. The van der Waals surface area contributed by atoms with E-state index in [9.17, 15) is 4.79 Å². The van der Waals surface area contributed by atoms with Gasteiger partial charge in [-0.2, -0.15) is 0 Å².